The highest BCUT2D eigenvalue weighted by Gasteiger charge is 2.26. The average molecular weight is 527 g/mol. The van der Waals surface area contributed by atoms with Crippen LogP contribution in [0.4, 0.5) is 0 Å². The highest BCUT2D eigenvalue weighted by atomic mass is 16.7. The topological polar surface area (TPSA) is 84.2 Å². The summed E-state index contributed by atoms with van der Waals surface area (Å²) in [5, 5.41) is 0. The summed E-state index contributed by atoms with van der Waals surface area (Å²) >= 11 is 0. The fourth-order valence-corrected chi connectivity index (χ4v) is 4.44. The lowest BCUT2D eigenvalue weighted by molar-refractivity contribution is -0.106. The second kappa shape index (κ2) is 12.5. The maximum absolute atomic E-state index is 13.1. The van der Waals surface area contributed by atoms with Gasteiger partial charge in [-0.05, 0) is 43.0 Å². The summed E-state index contributed by atoms with van der Waals surface area (Å²) in [6, 6.07) is 23.7. The molecule has 1 aliphatic heterocycles. The van der Waals surface area contributed by atoms with Gasteiger partial charge >= 0.3 is 5.97 Å². The third-order valence-electron chi connectivity index (χ3n) is 6.53. The van der Waals surface area contributed by atoms with Crippen LogP contribution in [0.5, 0.6) is 11.5 Å². The van der Waals surface area contributed by atoms with Crippen LogP contribution >= 0.6 is 0 Å². The van der Waals surface area contributed by atoms with Crippen LogP contribution in [0.2, 0.25) is 0 Å². The minimum atomic E-state index is -0.490. The molecule has 1 unspecified atom stereocenters. The number of hydrogen-bond acceptors (Lipinski definition) is 7. The van der Waals surface area contributed by atoms with E-state index in [2.05, 4.69) is 0 Å². The number of esters is 1. The van der Waals surface area contributed by atoms with Crippen molar-refractivity contribution < 1.29 is 28.2 Å². The van der Waals surface area contributed by atoms with E-state index in [1.54, 1.807) is 19.1 Å². The molecule has 1 fully saturated rings. The molecule has 0 aliphatic carbocycles. The Morgan fingerprint density at radius 1 is 0.872 bits per heavy atom. The molecular weight excluding hydrogens is 496 g/mol. The Hall–Kier alpha value is -4.36. The standard InChI is InChI=1S/C32H30O7/c1-22-25(32(34)38-21-24-12-6-3-7-13-24)15-16-26(29(22)39-28-14-8-9-18-35-28)30-31(27(33)17-19-36-30)37-20-23-10-4-2-5-11-23/h2-7,10-13,15-17,19,28H,8-9,14,18,20-21H2,1H3. The zero-order valence-electron chi connectivity index (χ0n) is 21.8. The molecule has 1 aromatic heterocycles. The van der Waals surface area contributed by atoms with Crippen molar-refractivity contribution in [1.29, 1.82) is 0 Å². The van der Waals surface area contributed by atoms with Crippen molar-refractivity contribution in [3.8, 4) is 22.8 Å². The van der Waals surface area contributed by atoms with E-state index >= 15 is 0 Å². The highest BCUT2D eigenvalue weighted by Crippen LogP contribution is 2.40. The third-order valence-corrected chi connectivity index (χ3v) is 6.53. The van der Waals surface area contributed by atoms with Crippen LogP contribution in [0.25, 0.3) is 11.3 Å². The highest BCUT2D eigenvalue weighted by molar-refractivity contribution is 5.93. The zero-order valence-corrected chi connectivity index (χ0v) is 21.8. The van der Waals surface area contributed by atoms with Gasteiger partial charge in [0.15, 0.2) is 12.1 Å². The van der Waals surface area contributed by atoms with Gasteiger partial charge in [0.2, 0.25) is 11.2 Å². The quantitative estimate of drug-likeness (QED) is 0.232. The van der Waals surface area contributed by atoms with Crippen molar-refractivity contribution in [2.45, 2.75) is 45.7 Å². The van der Waals surface area contributed by atoms with Crippen LogP contribution in [0, 0.1) is 6.92 Å². The molecule has 4 aromatic rings. The maximum Gasteiger partial charge on any atom is 0.338 e. The molecule has 1 aliphatic rings. The van der Waals surface area contributed by atoms with E-state index in [4.69, 9.17) is 23.4 Å². The Morgan fingerprint density at radius 3 is 2.28 bits per heavy atom. The monoisotopic (exact) mass is 526 g/mol. The van der Waals surface area contributed by atoms with Crippen LogP contribution in [0.1, 0.15) is 46.3 Å². The van der Waals surface area contributed by atoms with Crippen molar-refractivity contribution in [3.05, 3.63) is 118 Å². The molecule has 39 heavy (non-hydrogen) atoms. The van der Waals surface area contributed by atoms with Crippen LogP contribution in [-0.2, 0) is 22.7 Å². The SMILES string of the molecule is Cc1c(C(=O)OCc2ccccc2)ccc(-c2occc(=O)c2OCc2ccccc2)c1OC1CCCCO1. The van der Waals surface area contributed by atoms with Crippen molar-refractivity contribution in [2.75, 3.05) is 6.61 Å². The second-order valence-corrected chi connectivity index (χ2v) is 9.31. The Balaban J connectivity index is 1.50. The summed E-state index contributed by atoms with van der Waals surface area (Å²) in [5.41, 5.74) is 2.87. The van der Waals surface area contributed by atoms with Crippen molar-refractivity contribution in [3.63, 3.8) is 0 Å². The lowest BCUT2D eigenvalue weighted by Gasteiger charge is -2.26. The van der Waals surface area contributed by atoms with Crippen LogP contribution < -0.4 is 14.9 Å². The molecule has 3 aromatic carbocycles. The molecule has 0 bridgehead atoms. The van der Waals surface area contributed by atoms with E-state index in [1.165, 1.54) is 12.3 Å². The normalized spacial score (nSPS) is 14.9. The first-order chi connectivity index (χ1) is 19.1. The van der Waals surface area contributed by atoms with Crippen molar-refractivity contribution >= 4 is 5.97 Å². The zero-order chi connectivity index (χ0) is 27.0. The van der Waals surface area contributed by atoms with Crippen molar-refractivity contribution in [2.24, 2.45) is 0 Å². The van der Waals surface area contributed by atoms with E-state index in [1.807, 2.05) is 60.7 Å². The number of ether oxygens (including phenoxy) is 4. The van der Waals surface area contributed by atoms with Gasteiger partial charge in [-0.1, -0.05) is 60.7 Å². The molecule has 7 heteroatoms. The Labute approximate surface area is 226 Å². The average Bonchev–Trinajstić information content (AvgIpc) is 2.98. The Morgan fingerprint density at radius 2 is 1.59 bits per heavy atom. The molecule has 0 N–H and O–H groups in total. The molecule has 1 atom stereocenters. The molecule has 5 rings (SSSR count). The molecule has 0 saturated carbocycles. The van der Waals surface area contributed by atoms with E-state index < -0.39 is 12.3 Å². The van der Waals surface area contributed by atoms with Gasteiger partial charge in [-0.2, -0.15) is 0 Å². The first kappa shape index (κ1) is 26.3. The van der Waals surface area contributed by atoms with Gasteiger partial charge < -0.3 is 23.4 Å². The van der Waals surface area contributed by atoms with E-state index in [0.29, 0.717) is 35.5 Å². The summed E-state index contributed by atoms with van der Waals surface area (Å²) in [6.45, 7) is 2.71. The summed E-state index contributed by atoms with van der Waals surface area (Å²) < 4.78 is 29.6. The van der Waals surface area contributed by atoms with Crippen molar-refractivity contribution in [1.82, 2.24) is 0 Å². The van der Waals surface area contributed by atoms with Gasteiger partial charge in [0.05, 0.1) is 24.0 Å². The van der Waals surface area contributed by atoms with Gasteiger partial charge in [0, 0.05) is 18.1 Å². The number of hydrogen-bond donors (Lipinski definition) is 0. The molecular formula is C32H30O7. The summed E-state index contributed by atoms with van der Waals surface area (Å²) in [5.74, 6) is 0.188. The van der Waals surface area contributed by atoms with Crippen LogP contribution in [0.3, 0.4) is 0 Å². The lowest BCUT2D eigenvalue weighted by atomic mass is 10.0. The predicted molar refractivity (Wildman–Crippen MR) is 146 cm³/mol. The Bertz CT molecular complexity index is 1460. The largest absolute Gasteiger partial charge is 0.481 e. The minimum Gasteiger partial charge on any atom is -0.481 e. The predicted octanol–water partition coefficient (Wildman–Crippen LogP) is 6.46. The van der Waals surface area contributed by atoms with E-state index in [0.717, 1.165) is 24.0 Å². The fourth-order valence-electron chi connectivity index (χ4n) is 4.44. The first-order valence-electron chi connectivity index (χ1n) is 13.0. The lowest BCUT2D eigenvalue weighted by Crippen LogP contribution is -2.26. The maximum atomic E-state index is 13.1. The molecule has 1 saturated heterocycles. The van der Waals surface area contributed by atoms with Gasteiger partial charge in [0.1, 0.15) is 19.0 Å². The van der Waals surface area contributed by atoms with E-state index in [9.17, 15) is 9.59 Å². The number of carbonyl (C=O) groups is 1. The summed E-state index contributed by atoms with van der Waals surface area (Å²) in [4.78, 5) is 26.0. The molecule has 0 amide bonds. The first-order valence-corrected chi connectivity index (χ1v) is 13.0. The fraction of sp³-hybridized carbons (Fsp3) is 0.250. The summed E-state index contributed by atoms with van der Waals surface area (Å²) in [7, 11) is 0. The molecule has 0 radical (unpaired) electrons. The summed E-state index contributed by atoms with van der Waals surface area (Å²) in [6.07, 6.45) is 3.46. The smallest absolute Gasteiger partial charge is 0.338 e. The third kappa shape index (κ3) is 6.38. The van der Waals surface area contributed by atoms with Crippen LogP contribution in [-0.4, -0.2) is 18.9 Å². The van der Waals surface area contributed by atoms with E-state index in [-0.39, 0.29) is 30.2 Å². The van der Waals surface area contributed by atoms with Gasteiger partial charge in [0.25, 0.3) is 0 Å². The molecule has 0 spiro atoms. The molecule has 200 valence electrons. The van der Waals surface area contributed by atoms with Gasteiger partial charge in [-0.15, -0.1) is 0 Å². The Kier molecular flexibility index (Phi) is 8.39. The minimum absolute atomic E-state index is 0.0644. The van der Waals surface area contributed by atoms with Gasteiger partial charge in [-0.3, -0.25) is 4.79 Å². The number of benzene rings is 3. The number of rotatable bonds is 9. The molecule has 7 nitrogen and oxygen atoms in total. The second-order valence-electron chi connectivity index (χ2n) is 9.31. The number of carbonyl (C=O) groups excluding carboxylic acids is 1. The van der Waals surface area contributed by atoms with Crippen LogP contribution in [0.15, 0.2) is 94.3 Å². The molecule has 2 heterocycles. The van der Waals surface area contributed by atoms with Gasteiger partial charge in [-0.25, -0.2) is 4.79 Å².